The molecule has 72 heavy (non-hydrogen) atoms. The van der Waals surface area contributed by atoms with Gasteiger partial charge in [0.25, 0.3) is 0 Å². The van der Waals surface area contributed by atoms with Gasteiger partial charge in [-0.05, 0) is 128 Å². The van der Waals surface area contributed by atoms with Crippen LogP contribution in [-0.4, -0.2) is 44.3 Å². The van der Waals surface area contributed by atoms with Crippen molar-refractivity contribution < 1.29 is 58.6 Å². The molecule has 0 aliphatic carbocycles. The smallest absolute Gasteiger partial charge is 0.335 e. The normalized spacial score (nSPS) is 11.1. The van der Waals surface area contributed by atoms with Crippen LogP contribution in [0.3, 0.4) is 0 Å². The minimum atomic E-state index is -1.00. The lowest BCUT2D eigenvalue weighted by molar-refractivity contribution is 0.0686. The molecule has 0 amide bonds. The Morgan fingerprint density at radius 3 is 0.736 bits per heavy atom. The van der Waals surface area contributed by atoms with Crippen LogP contribution in [0.25, 0.3) is 35.4 Å². The first kappa shape index (κ1) is 48.8. The van der Waals surface area contributed by atoms with E-state index in [0.717, 1.165) is 55.6 Å². The molecule has 0 saturated carbocycles. The van der Waals surface area contributed by atoms with Gasteiger partial charge in [-0.3, -0.25) is 0 Å². The predicted molar refractivity (Wildman–Crippen MR) is 274 cm³/mol. The molecule has 0 aliphatic heterocycles. The number of aromatic carboxylic acids is 4. The maximum Gasteiger partial charge on any atom is 0.335 e. The molecule has 0 radical (unpaired) electrons. The number of hydrogen-bond donors (Lipinski definition) is 4. The number of carbonyl (C=O) groups is 4. The topological polar surface area (TPSA) is 186 Å². The van der Waals surface area contributed by atoms with Crippen LogP contribution in [0.15, 0.2) is 182 Å². The van der Waals surface area contributed by atoms with Crippen LogP contribution in [0.4, 0.5) is 0 Å². The Morgan fingerprint density at radius 2 is 0.514 bits per heavy atom. The first-order valence-corrected chi connectivity index (χ1v) is 22.6. The largest absolute Gasteiger partial charge is 0.489 e. The molecule has 358 valence electrons. The van der Waals surface area contributed by atoms with Crippen molar-refractivity contribution in [1.29, 1.82) is 0 Å². The molecule has 0 unspecified atom stereocenters. The summed E-state index contributed by atoms with van der Waals surface area (Å²) >= 11 is 0. The van der Waals surface area contributed by atoms with Crippen molar-refractivity contribution in [3.63, 3.8) is 0 Å². The predicted octanol–water partition coefficient (Wildman–Crippen LogP) is 12.8. The number of rotatable bonds is 21. The zero-order valence-corrected chi connectivity index (χ0v) is 38.5. The van der Waals surface area contributed by atoms with E-state index in [1.807, 2.05) is 72.8 Å². The highest BCUT2D eigenvalue weighted by Crippen LogP contribution is 2.29. The highest BCUT2D eigenvalue weighted by atomic mass is 16.5. The molecular formula is C60H46O12. The number of hydrogen-bond acceptors (Lipinski definition) is 8. The third-order valence-electron chi connectivity index (χ3n) is 11.3. The lowest BCUT2D eigenvalue weighted by atomic mass is 10.0. The van der Waals surface area contributed by atoms with Gasteiger partial charge in [0, 0.05) is 12.1 Å². The molecule has 0 heterocycles. The summed E-state index contributed by atoms with van der Waals surface area (Å²) in [5.41, 5.74) is 9.55. The van der Waals surface area contributed by atoms with Crippen LogP contribution in [0, 0.1) is 0 Å². The Kier molecular flexibility index (Phi) is 15.6. The maximum absolute atomic E-state index is 11.3. The molecule has 0 bridgehead atoms. The van der Waals surface area contributed by atoms with Crippen LogP contribution in [0.5, 0.6) is 23.0 Å². The van der Waals surface area contributed by atoms with Gasteiger partial charge in [-0.1, -0.05) is 121 Å². The molecule has 4 N–H and O–H groups in total. The molecule has 0 atom stereocenters. The van der Waals surface area contributed by atoms with Crippen LogP contribution in [0.2, 0.25) is 0 Å². The Balaban J connectivity index is 0.937. The van der Waals surface area contributed by atoms with Crippen molar-refractivity contribution >= 4 is 48.2 Å². The SMILES string of the molecule is O=C(O)c1ccc(COc2cc(/C=C/c3ccc(-c4ccc(/C=C/c5cc(OCc6ccc(C(=O)O)cc6)cc(OCc6ccc(C(=O)O)cc6)c5)cc4)cc3)cc(OCc3ccc(C(=O)O)cc3)c2)cc1. The molecule has 0 fully saturated rings. The summed E-state index contributed by atoms with van der Waals surface area (Å²) in [5, 5.41) is 37.1. The molecule has 8 aromatic carbocycles. The quantitative estimate of drug-likeness (QED) is 0.0500. The standard InChI is InChI=1S/C60H46O12/c61-57(62)49-21-9-41(10-22-49)35-69-53-29-45(30-54(33-53)70-36-42-11-23-50(24-12-42)58(63)64)3-1-39-5-17-47(18-6-39)48-19-7-40(8-20-48)2-4-46-31-55(71-37-43-13-25-51(26-14-43)59(65)66)34-56(32-46)72-38-44-15-27-52(28-16-44)60(67)68/h1-34H,35-38H2,(H,61,62)(H,63,64)(H,65,66)(H,67,68)/b3-1+,4-2+. The lowest BCUT2D eigenvalue weighted by Gasteiger charge is -2.12. The van der Waals surface area contributed by atoms with Crippen LogP contribution in [0.1, 0.15) is 85.9 Å². The molecular weight excluding hydrogens is 913 g/mol. The first-order chi connectivity index (χ1) is 34.9. The van der Waals surface area contributed by atoms with Gasteiger partial charge in [0.05, 0.1) is 22.3 Å². The summed E-state index contributed by atoms with van der Waals surface area (Å²) in [4.78, 5) is 45.3. The first-order valence-electron chi connectivity index (χ1n) is 22.6. The van der Waals surface area contributed by atoms with Crippen molar-refractivity contribution in [2.24, 2.45) is 0 Å². The fourth-order valence-electron chi connectivity index (χ4n) is 7.31. The average molecular weight is 959 g/mol. The van der Waals surface area contributed by atoms with Gasteiger partial charge >= 0.3 is 23.9 Å². The van der Waals surface area contributed by atoms with E-state index in [0.29, 0.717) is 23.0 Å². The highest BCUT2D eigenvalue weighted by molar-refractivity contribution is 5.89. The Hall–Kier alpha value is -9.68. The summed E-state index contributed by atoms with van der Waals surface area (Å²) in [7, 11) is 0. The van der Waals surface area contributed by atoms with E-state index >= 15 is 0 Å². The second kappa shape index (κ2) is 23.1. The highest BCUT2D eigenvalue weighted by Gasteiger charge is 2.10. The second-order valence-electron chi connectivity index (χ2n) is 16.5. The van der Waals surface area contributed by atoms with Gasteiger partial charge in [-0.25, -0.2) is 19.2 Å². The summed E-state index contributed by atoms with van der Waals surface area (Å²) in [6.07, 6.45) is 7.89. The van der Waals surface area contributed by atoms with Crippen LogP contribution in [-0.2, 0) is 26.4 Å². The van der Waals surface area contributed by atoms with Gasteiger partial charge in [0.1, 0.15) is 49.4 Å². The van der Waals surface area contributed by atoms with E-state index in [1.165, 1.54) is 48.5 Å². The number of carboxylic acid groups (broad SMARTS) is 4. The van der Waals surface area contributed by atoms with E-state index in [2.05, 4.69) is 24.3 Å². The second-order valence-corrected chi connectivity index (χ2v) is 16.5. The van der Waals surface area contributed by atoms with Crippen molar-refractivity contribution in [1.82, 2.24) is 0 Å². The van der Waals surface area contributed by atoms with Gasteiger partial charge in [0.15, 0.2) is 0 Å². The monoisotopic (exact) mass is 958 g/mol. The fourth-order valence-corrected chi connectivity index (χ4v) is 7.31. The minimum absolute atomic E-state index is 0.187. The van der Waals surface area contributed by atoms with E-state index < -0.39 is 23.9 Å². The van der Waals surface area contributed by atoms with E-state index in [9.17, 15) is 39.6 Å². The molecule has 0 aliphatic rings. The number of benzene rings is 8. The summed E-state index contributed by atoms with van der Waals surface area (Å²) < 4.78 is 24.5. The van der Waals surface area contributed by atoms with E-state index in [1.54, 1.807) is 60.7 Å². The number of carboxylic acids is 4. The van der Waals surface area contributed by atoms with E-state index in [-0.39, 0.29) is 48.7 Å². The van der Waals surface area contributed by atoms with Crippen LogP contribution >= 0.6 is 0 Å². The molecule has 0 aromatic heterocycles. The number of ether oxygens (including phenoxy) is 4. The van der Waals surface area contributed by atoms with Gasteiger partial charge < -0.3 is 39.4 Å². The average Bonchev–Trinajstić information content (AvgIpc) is 3.40. The minimum Gasteiger partial charge on any atom is -0.489 e. The molecule has 12 nitrogen and oxygen atoms in total. The molecule has 8 rings (SSSR count). The Bertz CT molecular complexity index is 2870. The molecule has 12 heteroatoms. The zero-order valence-electron chi connectivity index (χ0n) is 38.5. The zero-order chi connectivity index (χ0) is 50.4. The van der Waals surface area contributed by atoms with Gasteiger partial charge in [-0.2, -0.15) is 0 Å². The lowest BCUT2D eigenvalue weighted by Crippen LogP contribution is -2.01. The van der Waals surface area contributed by atoms with Gasteiger partial charge in [0.2, 0.25) is 0 Å². The molecule has 8 aromatic rings. The maximum atomic E-state index is 11.3. The van der Waals surface area contributed by atoms with Crippen molar-refractivity contribution in [3.8, 4) is 34.1 Å². The molecule has 0 spiro atoms. The van der Waals surface area contributed by atoms with Crippen molar-refractivity contribution in [3.05, 3.63) is 249 Å². The third kappa shape index (κ3) is 13.7. The Labute approximate surface area is 414 Å². The molecule has 0 saturated heterocycles. The van der Waals surface area contributed by atoms with Crippen LogP contribution < -0.4 is 18.9 Å². The third-order valence-corrected chi connectivity index (χ3v) is 11.3. The van der Waals surface area contributed by atoms with Crippen molar-refractivity contribution in [2.45, 2.75) is 26.4 Å². The summed E-state index contributed by atoms with van der Waals surface area (Å²) in [6.45, 7) is 0.815. The van der Waals surface area contributed by atoms with Crippen molar-refractivity contribution in [2.75, 3.05) is 0 Å². The summed E-state index contributed by atoms with van der Waals surface area (Å²) in [5.74, 6) is -1.84. The van der Waals surface area contributed by atoms with Gasteiger partial charge in [-0.15, -0.1) is 0 Å². The fraction of sp³-hybridized carbons (Fsp3) is 0.0667. The summed E-state index contributed by atoms with van der Waals surface area (Å²) in [6, 6.07) is 53.4. The Morgan fingerprint density at radius 1 is 0.292 bits per heavy atom. The van der Waals surface area contributed by atoms with E-state index in [4.69, 9.17) is 18.9 Å².